The first kappa shape index (κ1) is 128. The van der Waals surface area contributed by atoms with Crippen LogP contribution in [0.25, 0.3) is 0 Å². The molecule has 0 aliphatic carbocycles. The molecule has 8 heavy (non-hydrogen) atoms. The third-order valence-corrected chi connectivity index (χ3v) is 0. The van der Waals surface area contributed by atoms with Crippen LogP contribution in [0.5, 0.6) is 0 Å². The topological polar surface area (TPSA) is 142 Å². The van der Waals surface area contributed by atoms with Gasteiger partial charge in [0.05, 0.1) is 0 Å². The van der Waals surface area contributed by atoms with Crippen molar-refractivity contribution in [3.63, 3.8) is 0 Å². The van der Waals surface area contributed by atoms with Gasteiger partial charge in [-0.2, -0.15) is 0 Å². The van der Waals surface area contributed by atoms with Gasteiger partial charge in [-0.05, 0) is 0 Å². The summed E-state index contributed by atoms with van der Waals surface area (Å²) in [6.45, 7) is 0. The van der Waals surface area contributed by atoms with Crippen LogP contribution in [0.1, 0.15) is 0 Å². The molecule has 0 aliphatic heterocycles. The van der Waals surface area contributed by atoms with Crippen LogP contribution in [0.4, 0.5) is 0 Å². The average Bonchev–Trinajstić information content (AvgIpc) is 0. The molecule has 0 N–H and O–H groups in total. The van der Waals surface area contributed by atoms with Crippen molar-refractivity contribution >= 4 is 45.5 Å². The normalized spacial score (nSPS) is 0. The molecule has 40 valence electrons. The Labute approximate surface area is 118 Å². The summed E-state index contributed by atoms with van der Waals surface area (Å²) in [4.78, 5) is 0. The van der Waals surface area contributed by atoms with E-state index in [1.807, 2.05) is 0 Å². The van der Waals surface area contributed by atoms with E-state index in [0.717, 1.165) is 0 Å². The zero-order chi connectivity index (χ0) is 0. The average molecular weight is 307 g/mol. The minimum absolute atomic E-state index is 0. The Kier molecular flexibility index (Phi) is 1510. The van der Waals surface area contributed by atoms with Crippen LogP contribution < -0.4 is 0 Å². The molecule has 0 saturated carbocycles. The van der Waals surface area contributed by atoms with Crippen LogP contribution in [0.3, 0.4) is 0 Å². The van der Waals surface area contributed by atoms with Crippen molar-refractivity contribution in [1.82, 2.24) is 0 Å². The van der Waals surface area contributed by atoms with Crippen LogP contribution in [-0.4, -0.2) is 45.5 Å². The van der Waals surface area contributed by atoms with Gasteiger partial charge in [-0.25, -0.2) is 0 Å². The van der Waals surface area contributed by atoms with Gasteiger partial charge in [0.15, 0.2) is 0 Å². The molecule has 0 aromatic rings. The largest absolute Gasteiger partial charge is 4.00 e. The van der Waals surface area contributed by atoms with E-state index < -0.39 is 0 Å². The summed E-state index contributed by atoms with van der Waals surface area (Å²) >= 11 is 0. The Hall–Kier alpha value is 2.88. The molecule has 0 unspecified atom stereocenters. The van der Waals surface area contributed by atoms with Gasteiger partial charge >= 0.3 is 93.4 Å². The summed E-state index contributed by atoms with van der Waals surface area (Å²) in [6, 6.07) is 0. The monoisotopic (exact) mass is 306 g/mol. The van der Waals surface area contributed by atoms with E-state index in [1.165, 1.54) is 0 Å². The molecule has 0 fully saturated rings. The molecule has 5 nitrogen and oxygen atoms in total. The third-order valence-electron chi connectivity index (χ3n) is 0. The van der Waals surface area contributed by atoms with Crippen molar-refractivity contribution in [2.75, 3.05) is 0 Å². The smallest absolute Gasteiger partial charge is 2.00 e. The second kappa shape index (κ2) is 94.0. The Balaban J connectivity index is 0. The van der Waals surface area contributed by atoms with Crippen molar-refractivity contribution in [2.24, 2.45) is 0 Å². The van der Waals surface area contributed by atoms with Crippen molar-refractivity contribution in [3.8, 4) is 0 Å². The zero-order valence-electron chi connectivity index (χ0n) is 3.75. The molecule has 0 radical (unpaired) electrons. The van der Waals surface area contributed by atoms with E-state index in [-0.39, 0.29) is 121 Å². The molecule has 0 bridgehead atoms. The quantitative estimate of drug-likeness (QED) is 0.507. The molecule has 0 saturated heterocycles. The maximum atomic E-state index is 0. The predicted octanol–water partition coefficient (Wildman–Crippen LogP) is -0.980. The maximum absolute atomic E-state index is 0. The minimum atomic E-state index is 0. The van der Waals surface area contributed by atoms with Gasteiger partial charge in [-0.15, -0.1) is 0 Å². The van der Waals surface area contributed by atoms with Gasteiger partial charge in [-0.3, -0.25) is 0 Å². The molecular weight excluding hydrogens is 307 g/mol. The first-order chi connectivity index (χ1) is 0. The number of hydrogen-bond acceptors (Lipinski definition) is 0. The fraction of sp³-hybridized carbons (Fsp3) is 0. The third kappa shape index (κ3) is 66.5. The summed E-state index contributed by atoms with van der Waals surface area (Å²) < 4.78 is 0. The molecule has 0 rings (SSSR count). The van der Waals surface area contributed by atoms with E-state index in [4.69, 9.17) is 0 Å². The zero-order valence-corrected chi connectivity index (χ0v) is 11.2. The summed E-state index contributed by atoms with van der Waals surface area (Å²) in [5, 5.41) is 0. The molecule has 0 aromatic carbocycles. The van der Waals surface area contributed by atoms with Gasteiger partial charge in [-0.1, -0.05) is 0 Å². The fourth-order valence-electron chi connectivity index (χ4n) is 0. The van der Waals surface area contributed by atoms with E-state index in [9.17, 15) is 0 Å². The molecule has 0 atom stereocenters. The fourth-order valence-corrected chi connectivity index (χ4v) is 0. The molecule has 0 aromatic heterocycles. The summed E-state index contributed by atoms with van der Waals surface area (Å²) in [5.74, 6) is 0. The van der Waals surface area contributed by atoms with Gasteiger partial charge in [0, 0.05) is 0 Å². The van der Waals surface area contributed by atoms with E-state index in [2.05, 4.69) is 0 Å². The Morgan fingerprint density at radius 1 is 0.500 bits per heavy atom. The van der Waals surface area contributed by atoms with Crippen LogP contribution in [0, 0.1) is 0 Å². The standard InChI is InChI=1S/5O.Sr.Ti.Zr/q5*-2;+2;2*+4. The van der Waals surface area contributed by atoms with Gasteiger partial charge in [0.1, 0.15) is 0 Å². The summed E-state index contributed by atoms with van der Waals surface area (Å²) in [5.41, 5.74) is 0. The van der Waals surface area contributed by atoms with E-state index in [0.29, 0.717) is 0 Å². The van der Waals surface area contributed by atoms with Crippen LogP contribution >= 0.6 is 0 Å². The van der Waals surface area contributed by atoms with Crippen LogP contribution in [0.2, 0.25) is 0 Å². The Bertz CT molecular complexity index is 12.4. The maximum Gasteiger partial charge on any atom is 4.00 e. The van der Waals surface area contributed by atoms with Crippen LogP contribution in [-0.2, 0) is 75.3 Å². The van der Waals surface area contributed by atoms with Crippen molar-refractivity contribution in [3.05, 3.63) is 0 Å². The van der Waals surface area contributed by atoms with Gasteiger partial charge < -0.3 is 27.4 Å². The molecule has 0 spiro atoms. The number of hydrogen-bond donors (Lipinski definition) is 0. The second-order valence-electron chi connectivity index (χ2n) is 0. The molecule has 8 heteroatoms. The number of rotatable bonds is 0. The van der Waals surface area contributed by atoms with Gasteiger partial charge in [0.25, 0.3) is 0 Å². The SMILES string of the molecule is [O-2].[O-2].[O-2].[O-2].[O-2].[Sr+2].[Ti+4].[Zr+4]. The minimum Gasteiger partial charge on any atom is -2.00 e. The Morgan fingerprint density at radius 2 is 0.500 bits per heavy atom. The van der Waals surface area contributed by atoms with Crippen LogP contribution in [0.15, 0.2) is 0 Å². The molecular formula is O5SrTiZr. The van der Waals surface area contributed by atoms with E-state index in [1.54, 1.807) is 0 Å². The predicted molar refractivity (Wildman–Crippen MR) is 9.19 cm³/mol. The summed E-state index contributed by atoms with van der Waals surface area (Å²) in [7, 11) is 0. The molecule has 0 aliphatic rings. The first-order valence-electron chi connectivity index (χ1n) is 0. The Morgan fingerprint density at radius 3 is 0.500 bits per heavy atom. The second-order valence-corrected chi connectivity index (χ2v) is 0. The molecule has 0 amide bonds. The van der Waals surface area contributed by atoms with Crippen molar-refractivity contribution in [2.45, 2.75) is 0 Å². The first-order valence-corrected chi connectivity index (χ1v) is 0. The summed E-state index contributed by atoms with van der Waals surface area (Å²) in [6.07, 6.45) is 0. The van der Waals surface area contributed by atoms with Crippen molar-refractivity contribution in [1.29, 1.82) is 0 Å². The van der Waals surface area contributed by atoms with Gasteiger partial charge in [0.2, 0.25) is 0 Å². The van der Waals surface area contributed by atoms with Crippen molar-refractivity contribution < 1.29 is 75.3 Å². The molecule has 0 heterocycles. The van der Waals surface area contributed by atoms with E-state index >= 15 is 0 Å².